The number of Topliss-reactive ketones (excluding diaryl/α,β-unsaturated/α-hetero) is 1. The Balaban J connectivity index is 2.57. The molecule has 1 saturated heterocycles. The average molecular weight is 234 g/mol. The summed E-state index contributed by atoms with van der Waals surface area (Å²) in [4.78, 5) is 13.7. The van der Waals surface area contributed by atoms with Gasteiger partial charge in [0, 0.05) is 19.0 Å². The lowest BCUT2D eigenvalue weighted by molar-refractivity contribution is -0.120. The first-order chi connectivity index (χ1) is 5.69. The minimum Gasteiger partial charge on any atom is -0.305 e. The summed E-state index contributed by atoms with van der Waals surface area (Å²) in [5.41, 5.74) is 0. The monoisotopic (exact) mass is 233 g/mol. The molecule has 0 radical (unpaired) electrons. The topological polar surface area (TPSA) is 20.3 Å². The second-order valence-corrected chi connectivity index (χ2v) is 4.16. The van der Waals surface area contributed by atoms with Crippen molar-refractivity contribution >= 4 is 21.7 Å². The molecule has 0 aromatic carbocycles. The quantitative estimate of drug-likeness (QED) is 0.690. The van der Waals surface area contributed by atoms with Crippen LogP contribution in [0.2, 0.25) is 0 Å². The molecule has 1 rings (SSSR count). The highest BCUT2D eigenvalue weighted by molar-refractivity contribution is 9.09. The van der Waals surface area contributed by atoms with Gasteiger partial charge in [-0.05, 0) is 13.0 Å². The molecule has 2 nitrogen and oxygen atoms in total. The van der Waals surface area contributed by atoms with Crippen LogP contribution in [0.25, 0.3) is 0 Å². The fraction of sp³-hybridized carbons (Fsp3) is 0.889. The zero-order valence-electron chi connectivity index (χ0n) is 7.72. The zero-order chi connectivity index (χ0) is 9.14. The summed E-state index contributed by atoms with van der Waals surface area (Å²) >= 11 is 3.23. The van der Waals surface area contributed by atoms with Gasteiger partial charge in [-0.15, -0.1) is 0 Å². The summed E-state index contributed by atoms with van der Waals surface area (Å²) in [5.74, 6) is 1.23. The van der Waals surface area contributed by atoms with E-state index in [1.165, 1.54) is 0 Å². The van der Waals surface area contributed by atoms with Crippen LogP contribution in [0.3, 0.4) is 0 Å². The summed E-state index contributed by atoms with van der Waals surface area (Å²) in [6.07, 6.45) is 1.12. The summed E-state index contributed by atoms with van der Waals surface area (Å²) in [6.45, 7) is 4.20. The van der Waals surface area contributed by atoms with E-state index in [9.17, 15) is 4.79 Å². The smallest absolute Gasteiger partial charge is 0.148 e. The molecular weight excluding hydrogens is 218 g/mol. The lowest BCUT2D eigenvalue weighted by atomic mass is 9.91. The zero-order valence-corrected chi connectivity index (χ0v) is 9.30. The Morgan fingerprint density at radius 2 is 2.25 bits per heavy atom. The first kappa shape index (κ1) is 10.2. The molecule has 70 valence electrons. The van der Waals surface area contributed by atoms with Gasteiger partial charge < -0.3 is 4.90 Å². The second kappa shape index (κ2) is 4.38. The first-order valence-electron chi connectivity index (χ1n) is 4.46. The number of rotatable bonds is 3. The number of alkyl halides is 1. The predicted octanol–water partition coefficient (Wildman–Crippen LogP) is 1.54. The van der Waals surface area contributed by atoms with Gasteiger partial charge in [-0.2, -0.15) is 0 Å². The van der Waals surface area contributed by atoms with E-state index in [1.807, 2.05) is 0 Å². The van der Waals surface area contributed by atoms with Crippen molar-refractivity contribution < 1.29 is 4.79 Å². The molecule has 0 amide bonds. The molecule has 3 heteroatoms. The van der Waals surface area contributed by atoms with Crippen LogP contribution >= 0.6 is 15.9 Å². The Kier molecular flexibility index (Phi) is 3.72. The van der Waals surface area contributed by atoms with Gasteiger partial charge in [0.25, 0.3) is 0 Å². The molecule has 0 spiro atoms. The maximum absolute atomic E-state index is 11.5. The van der Waals surface area contributed by atoms with Gasteiger partial charge >= 0.3 is 0 Å². The summed E-state index contributed by atoms with van der Waals surface area (Å²) in [7, 11) is 2.09. The van der Waals surface area contributed by atoms with Gasteiger partial charge in [0.2, 0.25) is 0 Å². The van der Waals surface area contributed by atoms with Crippen LogP contribution in [-0.4, -0.2) is 36.2 Å². The van der Waals surface area contributed by atoms with Crippen LogP contribution < -0.4 is 0 Å². The highest BCUT2D eigenvalue weighted by Gasteiger charge is 2.33. The van der Waals surface area contributed by atoms with E-state index in [2.05, 4.69) is 34.8 Å². The maximum Gasteiger partial charge on any atom is 0.148 e. The SMILES string of the molecule is CCC1CN(C)C[C@@H]1C(=O)CBr. The normalized spacial score (nSPS) is 30.9. The molecule has 0 N–H and O–H groups in total. The maximum atomic E-state index is 11.5. The molecule has 0 saturated carbocycles. The number of hydrogen-bond donors (Lipinski definition) is 0. The molecule has 2 atom stereocenters. The Morgan fingerprint density at radius 1 is 1.58 bits per heavy atom. The van der Waals surface area contributed by atoms with E-state index in [4.69, 9.17) is 0 Å². The number of carbonyl (C=O) groups is 1. The van der Waals surface area contributed by atoms with Crippen LogP contribution in [0.5, 0.6) is 0 Å². The lowest BCUT2D eigenvalue weighted by Gasteiger charge is -2.13. The third kappa shape index (κ3) is 2.07. The largest absolute Gasteiger partial charge is 0.305 e. The number of hydrogen-bond acceptors (Lipinski definition) is 2. The fourth-order valence-corrected chi connectivity index (χ4v) is 2.38. The van der Waals surface area contributed by atoms with Gasteiger partial charge in [-0.3, -0.25) is 4.79 Å². The van der Waals surface area contributed by atoms with E-state index in [-0.39, 0.29) is 5.92 Å². The Morgan fingerprint density at radius 3 is 2.75 bits per heavy atom. The van der Waals surface area contributed by atoms with Crippen molar-refractivity contribution in [2.24, 2.45) is 11.8 Å². The second-order valence-electron chi connectivity index (χ2n) is 3.60. The molecule has 1 aliphatic heterocycles. The van der Waals surface area contributed by atoms with E-state index >= 15 is 0 Å². The van der Waals surface area contributed by atoms with Crippen molar-refractivity contribution in [2.75, 3.05) is 25.5 Å². The number of halogens is 1. The standard InChI is InChI=1S/C9H16BrNO/c1-3-7-5-11(2)6-8(7)9(12)4-10/h7-8H,3-6H2,1-2H3/t7?,8-/m0/s1. The Bertz CT molecular complexity index is 172. The van der Waals surface area contributed by atoms with Crippen molar-refractivity contribution in [3.63, 3.8) is 0 Å². The number of likely N-dealkylation sites (tertiary alicyclic amines) is 1. The molecule has 0 aromatic rings. The van der Waals surface area contributed by atoms with Gasteiger partial charge in [0.15, 0.2) is 0 Å². The van der Waals surface area contributed by atoms with Gasteiger partial charge in [0.05, 0.1) is 5.33 Å². The number of carbonyl (C=O) groups excluding carboxylic acids is 1. The molecule has 0 bridgehead atoms. The lowest BCUT2D eigenvalue weighted by Crippen LogP contribution is -2.23. The minimum atomic E-state index is 0.277. The van der Waals surface area contributed by atoms with E-state index < -0.39 is 0 Å². The Hall–Kier alpha value is 0.110. The van der Waals surface area contributed by atoms with Crippen LogP contribution in [0.4, 0.5) is 0 Å². The number of ketones is 1. The Labute approximate surface area is 82.4 Å². The molecule has 1 heterocycles. The number of nitrogens with zero attached hydrogens (tertiary/aromatic N) is 1. The predicted molar refractivity (Wildman–Crippen MR) is 53.6 cm³/mol. The first-order valence-corrected chi connectivity index (χ1v) is 5.58. The summed E-state index contributed by atoms with van der Waals surface area (Å²) in [6, 6.07) is 0. The molecule has 12 heavy (non-hydrogen) atoms. The fourth-order valence-electron chi connectivity index (χ4n) is 1.96. The van der Waals surface area contributed by atoms with Gasteiger partial charge in [-0.25, -0.2) is 0 Å². The van der Waals surface area contributed by atoms with Crippen molar-refractivity contribution in [2.45, 2.75) is 13.3 Å². The van der Waals surface area contributed by atoms with Crippen molar-refractivity contribution in [1.29, 1.82) is 0 Å². The van der Waals surface area contributed by atoms with Crippen molar-refractivity contribution in [3.8, 4) is 0 Å². The molecule has 0 aliphatic carbocycles. The highest BCUT2D eigenvalue weighted by Crippen LogP contribution is 2.26. The highest BCUT2D eigenvalue weighted by atomic mass is 79.9. The third-order valence-corrected chi connectivity index (χ3v) is 3.25. The minimum absolute atomic E-state index is 0.277. The summed E-state index contributed by atoms with van der Waals surface area (Å²) < 4.78 is 0. The molecule has 1 aliphatic rings. The molecule has 0 aromatic heterocycles. The van der Waals surface area contributed by atoms with E-state index in [0.717, 1.165) is 19.5 Å². The molecular formula is C9H16BrNO. The van der Waals surface area contributed by atoms with Crippen LogP contribution in [0, 0.1) is 11.8 Å². The van der Waals surface area contributed by atoms with E-state index in [0.29, 0.717) is 17.0 Å². The van der Waals surface area contributed by atoms with Crippen LogP contribution in [0.1, 0.15) is 13.3 Å². The van der Waals surface area contributed by atoms with Gasteiger partial charge in [-0.1, -0.05) is 29.3 Å². The molecule has 1 fully saturated rings. The summed E-state index contributed by atoms with van der Waals surface area (Å²) in [5, 5.41) is 0.516. The van der Waals surface area contributed by atoms with Crippen LogP contribution in [-0.2, 0) is 4.79 Å². The molecule has 1 unspecified atom stereocenters. The van der Waals surface area contributed by atoms with Crippen LogP contribution in [0.15, 0.2) is 0 Å². The van der Waals surface area contributed by atoms with Crippen molar-refractivity contribution in [1.82, 2.24) is 4.90 Å². The third-order valence-electron chi connectivity index (χ3n) is 2.69. The van der Waals surface area contributed by atoms with Crippen molar-refractivity contribution in [3.05, 3.63) is 0 Å². The average Bonchev–Trinajstić information content (AvgIpc) is 2.45. The van der Waals surface area contributed by atoms with E-state index in [1.54, 1.807) is 0 Å². The van der Waals surface area contributed by atoms with Gasteiger partial charge in [0.1, 0.15) is 5.78 Å².